The largest absolute Gasteiger partial charge is 0.493 e. The fourth-order valence-electron chi connectivity index (χ4n) is 4.80. The van der Waals surface area contributed by atoms with Gasteiger partial charge in [0.25, 0.3) is 5.69 Å². The SMILES string of the molecule is COc1cc2c(cc1OC)[C@@H](c1ccc([N+](=O)[O-])cc1)C1=C(C[C@@H](c3cccs3)CC1=O)N2. The second kappa shape index (κ2) is 8.37. The minimum atomic E-state index is -0.421. The third kappa shape index (κ3) is 3.66. The molecular weight excluding hydrogens is 440 g/mol. The average Bonchev–Trinajstić information content (AvgIpc) is 3.37. The van der Waals surface area contributed by atoms with Gasteiger partial charge in [0.1, 0.15) is 0 Å². The first-order valence-electron chi connectivity index (χ1n) is 10.6. The smallest absolute Gasteiger partial charge is 0.269 e. The number of allylic oxidation sites excluding steroid dienone is 2. The van der Waals surface area contributed by atoms with Crippen LogP contribution in [0.3, 0.4) is 0 Å². The lowest BCUT2D eigenvalue weighted by atomic mass is 9.73. The van der Waals surface area contributed by atoms with Crippen LogP contribution in [0.4, 0.5) is 11.4 Å². The summed E-state index contributed by atoms with van der Waals surface area (Å²) in [7, 11) is 3.16. The van der Waals surface area contributed by atoms with Crippen LogP contribution >= 0.6 is 11.3 Å². The van der Waals surface area contributed by atoms with Crippen molar-refractivity contribution in [2.24, 2.45) is 0 Å². The van der Waals surface area contributed by atoms with Gasteiger partial charge in [-0.3, -0.25) is 14.9 Å². The summed E-state index contributed by atoms with van der Waals surface area (Å²) in [6, 6.07) is 14.3. The molecule has 0 saturated heterocycles. The van der Waals surface area contributed by atoms with E-state index in [2.05, 4.69) is 11.4 Å². The van der Waals surface area contributed by atoms with Crippen molar-refractivity contribution >= 4 is 28.5 Å². The number of hydrogen-bond acceptors (Lipinski definition) is 7. The van der Waals surface area contributed by atoms with Gasteiger partial charge in [0, 0.05) is 58.3 Å². The number of ketones is 1. The predicted molar refractivity (Wildman–Crippen MR) is 126 cm³/mol. The molecule has 0 fully saturated rings. The Morgan fingerprint density at radius 2 is 1.79 bits per heavy atom. The molecule has 0 unspecified atom stereocenters. The molecule has 1 aromatic heterocycles. The van der Waals surface area contributed by atoms with E-state index in [-0.39, 0.29) is 23.3 Å². The fourth-order valence-corrected chi connectivity index (χ4v) is 5.63. The molecular formula is C25H22N2O5S. The summed E-state index contributed by atoms with van der Waals surface area (Å²) >= 11 is 1.67. The minimum Gasteiger partial charge on any atom is -0.493 e. The van der Waals surface area contributed by atoms with Gasteiger partial charge in [0.05, 0.1) is 19.1 Å². The van der Waals surface area contributed by atoms with Crippen LogP contribution in [-0.2, 0) is 4.79 Å². The molecule has 0 spiro atoms. The number of ether oxygens (including phenoxy) is 2. The first-order chi connectivity index (χ1) is 16.0. The zero-order valence-corrected chi connectivity index (χ0v) is 19.0. The Labute approximate surface area is 194 Å². The Balaban J connectivity index is 1.66. The van der Waals surface area contributed by atoms with Gasteiger partial charge in [0.2, 0.25) is 0 Å². The number of fused-ring (bicyclic) bond motifs is 1. The van der Waals surface area contributed by atoms with Crippen molar-refractivity contribution in [3.05, 3.63) is 91.3 Å². The molecule has 2 aromatic carbocycles. The average molecular weight is 463 g/mol. The molecule has 0 saturated carbocycles. The number of nitrogens with zero attached hydrogens (tertiary/aromatic N) is 1. The van der Waals surface area contributed by atoms with Crippen LogP contribution in [0.25, 0.3) is 0 Å². The summed E-state index contributed by atoms with van der Waals surface area (Å²) in [6.07, 6.45) is 1.16. The molecule has 0 amide bonds. The molecule has 7 nitrogen and oxygen atoms in total. The van der Waals surface area contributed by atoms with Crippen LogP contribution in [0.1, 0.15) is 40.7 Å². The van der Waals surface area contributed by atoms with E-state index in [9.17, 15) is 14.9 Å². The Hall–Kier alpha value is -3.65. The zero-order valence-electron chi connectivity index (χ0n) is 18.2. The van der Waals surface area contributed by atoms with Crippen molar-refractivity contribution in [1.29, 1.82) is 0 Å². The lowest BCUT2D eigenvalue weighted by Gasteiger charge is -2.36. The van der Waals surface area contributed by atoms with E-state index in [4.69, 9.17) is 9.47 Å². The van der Waals surface area contributed by atoms with Crippen molar-refractivity contribution < 1.29 is 19.2 Å². The van der Waals surface area contributed by atoms with Gasteiger partial charge in [-0.15, -0.1) is 11.3 Å². The van der Waals surface area contributed by atoms with Crippen molar-refractivity contribution in [2.75, 3.05) is 19.5 Å². The molecule has 33 heavy (non-hydrogen) atoms. The van der Waals surface area contributed by atoms with E-state index >= 15 is 0 Å². The third-order valence-electron chi connectivity index (χ3n) is 6.33. The number of anilines is 1. The topological polar surface area (TPSA) is 90.7 Å². The second-order valence-electron chi connectivity index (χ2n) is 8.14. The maximum atomic E-state index is 13.5. The van der Waals surface area contributed by atoms with E-state index in [0.29, 0.717) is 17.9 Å². The summed E-state index contributed by atoms with van der Waals surface area (Å²) in [6.45, 7) is 0. The van der Waals surface area contributed by atoms with Gasteiger partial charge in [0.15, 0.2) is 17.3 Å². The van der Waals surface area contributed by atoms with E-state index in [1.54, 1.807) is 37.7 Å². The van der Waals surface area contributed by atoms with Crippen molar-refractivity contribution in [2.45, 2.75) is 24.7 Å². The highest BCUT2D eigenvalue weighted by Crippen LogP contribution is 2.50. The number of carbonyl (C=O) groups is 1. The maximum absolute atomic E-state index is 13.5. The highest BCUT2D eigenvalue weighted by molar-refractivity contribution is 7.10. The fraction of sp³-hybridized carbons (Fsp3) is 0.240. The highest BCUT2D eigenvalue weighted by atomic mass is 32.1. The molecule has 168 valence electrons. The molecule has 0 radical (unpaired) electrons. The van der Waals surface area contributed by atoms with Gasteiger partial charge in [-0.05, 0) is 35.1 Å². The highest BCUT2D eigenvalue weighted by Gasteiger charge is 2.39. The lowest BCUT2D eigenvalue weighted by Crippen LogP contribution is -2.29. The summed E-state index contributed by atoms with van der Waals surface area (Å²) < 4.78 is 11.0. The minimum absolute atomic E-state index is 0.0159. The van der Waals surface area contributed by atoms with Crippen molar-refractivity contribution in [3.63, 3.8) is 0 Å². The number of Topliss-reactive ketones (excluding diaryl/α,β-unsaturated/α-hetero) is 1. The van der Waals surface area contributed by atoms with Crippen LogP contribution in [0.5, 0.6) is 11.5 Å². The van der Waals surface area contributed by atoms with Gasteiger partial charge < -0.3 is 14.8 Å². The van der Waals surface area contributed by atoms with Crippen LogP contribution in [0.15, 0.2) is 65.2 Å². The molecule has 3 aromatic rings. The molecule has 1 aliphatic carbocycles. The van der Waals surface area contributed by atoms with Crippen molar-refractivity contribution in [1.82, 2.24) is 0 Å². The first-order valence-corrected chi connectivity index (χ1v) is 11.4. The number of methoxy groups -OCH3 is 2. The molecule has 5 rings (SSSR count). The molecule has 0 bridgehead atoms. The molecule has 2 aliphatic rings. The third-order valence-corrected chi connectivity index (χ3v) is 7.37. The molecule has 2 heterocycles. The number of thiophene rings is 1. The number of benzene rings is 2. The number of non-ortho nitro benzene ring substituents is 1. The van der Waals surface area contributed by atoms with Gasteiger partial charge in [-0.25, -0.2) is 0 Å². The van der Waals surface area contributed by atoms with Crippen LogP contribution in [0.2, 0.25) is 0 Å². The predicted octanol–water partition coefficient (Wildman–Crippen LogP) is 5.63. The monoisotopic (exact) mass is 462 g/mol. The number of nitro benzene ring substituents is 1. The molecule has 1 N–H and O–H groups in total. The molecule has 8 heteroatoms. The quantitative estimate of drug-likeness (QED) is 0.390. The Morgan fingerprint density at radius 3 is 2.42 bits per heavy atom. The number of rotatable bonds is 5. The van der Waals surface area contributed by atoms with Crippen molar-refractivity contribution in [3.8, 4) is 11.5 Å². The summed E-state index contributed by atoms with van der Waals surface area (Å²) in [5.41, 5.74) is 4.18. The Morgan fingerprint density at radius 1 is 1.06 bits per heavy atom. The van der Waals surface area contributed by atoms with E-state index in [1.165, 1.54) is 17.0 Å². The summed E-state index contributed by atoms with van der Waals surface area (Å²) in [5.74, 6) is 1.02. The summed E-state index contributed by atoms with van der Waals surface area (Å²) in [4.78, 5) is 25.5. The Kier molecular flexibility index (Phi) is 5.38. The number of carbonyl (C=O) groups excluding carboxylic acids is 1. The van der Waals surface area contributed by atoms with Crippen LogP contribution in [0, 0.1) is 10.1 Å². The number of nitrogens with one attached hydrogen (secondary N) is 1. The standard InChI is InChI=1S/C25H22N2O5S/c1-31-21-12-17-18(13-22(21)32-2)26-19-10-15(23-4-3-9-33-23)11-20(28)25(19)24(17)14-5-7-16(8-6-14)27(29)30/h3-9,12-13,15,24,26H,10-11H2,1-2H3/t15-,24-/m1/s1. The molecule has 1 aliphatic heterocycles. The van der Waals surface area contributed by atoms with Crippen LogP contribution in [-0.4, -0.2) is 24.9 Å². The van der Waals surface area contributed by atoms with E-state index in [1.807, 2.05) is 23.6 Å². The number of hydrogen-bond donors (Lipinski definition) is 1. The number of nitro groups is 1. The van der Waals surface area contributed by atoms with Gasteiger partial charge in [-0.1, -0.05) is 18.2 Å². The van der Waals surface area contributed by atoms with Gasteiger partial charge >= 0.3 is 0 Å². The lowest BCUT2D eigenvalue weighted by molar-refractivity contribution is -0.384. The Bertz CT molecular complexity index is 1260. The second-order valence-corrected chi connectivity index (χ2v) is 9.12. The van der Waals surface area contributed by atoms with E-state index < -0.39 is 4.92 Å². The first kappa shape index (κ1) is 21.2. The normalized spacial score (nSPS) is 19.4. The zero-order chi connectivity index (χ0) is 23.1. The van der Waals surface area contributed by atoms with Crippen LogP contribution < -0.4 is 14.8 Å². The van der Waals surface area contributed by atoms with E-state index in [0.717, 1.165) is 34.5 Å². The van der Waals surface area contributed by atoms with Gasteiger partial charge in [-0.2, -0.15) is 0 Å². The summed E-state index contributed by atoms with van der Waals surface area (Å²) in [5, 5.41) is 16.7. The maximum Gasteiger partial charge on any atom is 0.269 e. The molecule has 2 atom stereocenters.